The molecule has 0 bridgehead atoms. The fourth-order valence-corrected chi connectivity index (χ4v) is 2.57. The van der Waals surface area contributed by atoms with Gasteiger partial charge >= 0.3 is 0 Å². The number of rotatable bonds is 2. The van der Waals surface area contributed by atoms with E-state index < -0.39 is 0 Å². The molecule has 1 aliphatic heterocycles. The minimum atomic E-state index is 0.185. The lowest BCUT2D eigenvalue weighted by Gasteiger charge is -2.16. The summed E-state index contributed by atoms with van der Waals surface area (Å²) in [6.07, 6.45) is 3.00. The Morgan fingerprint density at radius 2 is 2.00 bits per heavy atom. The van der Waals surface area contributed by atoms with E-state index in [-0.39, 0.29) is 11.8 Å². The summed E-state index contributed by atoms with van der Waals surface area (Å²) in [4.78, 5) is 22.6. The highest BCUT2D eigenvalue weighted by atomic mass is 16.2. The van der Waals surface area contributed by atoms with Crippen LogP contribution in [0.1, 0.15) is 36.7 Å². The highest BCUT2D eigenvalue weighted by Crippen LogP contribution is 2.34. The Labute approximate surface area is 112 Å². The molecule has 1 aliphatic carbocycles. The Morgan fingerprint density at radius 3 is 2.63 bits per heavy atom. The number of aromatic nitrogens is 2. The molecule has 0 spiro atoms. The zero-order valence-electron chi connectivity index (χ0n) is 11.1. The van der Waals surface area contributed by atoms with E-state index >= 15 is 0 Å². The van der Waals surface area contributed by atoms with Crippen molar-refractivity contribution < 1.29 is 4.79 Å². The molecule has 2 fully saturated rings. The SMILES string of the molecule is Cc1nc(C2CCN(C(=O)C3CC3)C2)nc(N)c1N. The van der Waals surface area contributed by atoms with Crippen LogP contribution in [0.2, 0.25) is 0 Å². The molecule has 0 aromatic carbocycles. The number of nitrogens with two attached hydrogens (primary N) is 2. The molecule has 2 heterocycles. The van der Waals surface area contributed by atoms with Crippen LogP contribution in [0.3, 0.4) is 0 Å². The average molecular weight is 261 g/mol. The standard InChI is InChI=1S/C13H19N5O/c1-7-10(14)11(15)17-12(16-7)9-4-5-18(6-9)13(19)8-2-3-8/h8-9H,2-6,14H2,1H3,(H2,15,16,17). The van der Waals surface area contributed by atoms with Crippen molar-refractivity contribution in [2.24, 2.45) is 5.92 Å². The van der Waals surface area contributed by atoms with Crippen LogP contribution in [-0.2, 0) is 4.79 Å². The summed E-state index contributed by atoms with van der Waals surface area (Å²) in [7, 11) is 0. The molecular weight excluding hydrogens is 242 g/mol. The Bertz CT molecular complexity index is 503. The summed E-state index contributed by atoms with van der Waals surface area (Å²) < 4.78 is 0. The predicted octanol–water partition coefficient (Wildman–Crippen LogP) is 0.675. The summed E-state index contributed by atoms with van der Waals surface area (Å²) in [5.41, 5.74) is 12.7. The summed E-state index contributed by atoms with van der Waals surface area (Å²) in [5, 5.41) is 0. The number of hydrogen-bond acceptors (Lipinski definition) is 5. The van der Waals surface area contributed by atoms with E-state index in [1.54, 1.807) is 0 Å². The smallest absolute Gasteiger partial charge is 0.225 e. The normalized spacial score (nSPS) is 22.8. The number of nitrogen functional groups attached to an aromatic ring is 2. The predicted molar refractivity (Wildman–Crippen MR) is 72.3 cm³/mol. The van der Waals surface area contributed by atoms with Crippen molar-refractivity contribution >= 4 is 17.4 Å². The lowest BCUT2D eigenvalue weighted by Crippen LogP contribution is -2.29. The van der Waals surface area contributed by atoms with Gasteiger partial charge in [0.15, 0.2) is 5.82 Å². The second-order valence-electron chi connectivity index (χ2n) is 5.51. The molecule has 1 atom stereocenters. The first-order chi connectivity index (χ1) is 9.06. The fraction of sp³-hybridized carbons (Fsp3) is 0.615. The first kappa shape index (κ1) is 12.2. The molecule has 1 unspecified atom stereocenters. The number of nitrogens with zero attached hydrogens (tertiary/aromatic N) is 3. The second kappa shape index (κ2) is 4.36. The Morgan fingerprint density at radius 1 is 1.26 bits per heavy atom. The first-order valence-corrected chi connectivity index (χ1v) is 6.74. The molecule has 1 amide bonds. The average Bonchev–Trinajstić information content (AvgIpc) is 3.11. The van der Waals surface area contributed by atoms with Gasteiger partial charge < -0.3 is 16.4 Å². The topological polar surface area (TPSA) is 98.1 Å². The van der Waals surface area contributed by atoms with Gasteiger partial charge in [-0.3, -0.25) is 4.79 Å². The maximum Gasteiger partial charge on any atom is 0.225 e. The van der Waals surface area contributed by atoms with Crippen LogP contribution in [0, 0.1) is 12.8 Å². The van der Waals surface area contributed by atoms with Gasteiger partial charge in [-0.25, -0.2) is 9.97 Å². The molecule has 3 rings (SSSR count). The minimum Gasteiger partial charge on any atom is -0.394 e. The van der Waals surface area contributed by atoms with Gasteiger partial charge in [0.1, 0.15) is 5.82 Å². The summed E-state index contributed by atoms with van der Waals surface area (Å²) in [6.45, 7) is 3.34. The molecule has 2 aliphatic rings. The maximum absolute atomic E-state index is 12.0. The molecule has 102 valence electrons. The van der Waals surface area contributed by atoms with Crippen molar-refractivity contribution in [3.63, 3.8) is 0 Å². The van der Waals surface area contributed by atoms with Crippen LogP contribution in [-0.4, -0.2) is 33.9 Å². The monoisotopic (exact) mass is 261 g/mol. The zero-order valence-corrected chi connectivity index (χ0v) is 11.1. The van der Waals surface area contributed by atoms with Crippen molar-refractivity contribution in [3.8, 4) is 0 Å². The molecule has 0 radical (unpaired) electrons. The molecular formula is C13H19N5O. The Balaban J connectivity index is 1.75. The molecule has 1 saturated carbocycles. The lowest BCUT2D eigenvalue weighted by atomic mass is 10.1. The van der Waals surface area contributed by atoms with Crippen molar-refractivity contribution in [2.75, 3.05) is 24.6 Å². The Kier molecular flexibility index (Phi) is 2.80. The summed E-state index contributed by atoms with van der Waals surface area (Å²) in [5.74, 6) is 1.81. The van der Waals surface area contributed by atoms with Gasteiger partial charge in [0.2, 0.25) is 5.91 Å². The van der Waals surface area contributed by atoms with Crippen molar-refractivity contribution in [1.82, 2.24) is 14.9 Å². The van der Waals surface area contributed by atoms with Crippen LogP contribution in [0.5, 0.6) is 0 Å². The van der Waals surface area contributed by atoms with Crippen LogP contribution in [0.15, 0.2) is 0 Å². The van der Waals surface area contributed by atoms with Crippen LogP contribution < -0.4 is 11.5 Å². The van der Waals surface area contributed by atoms with E-state index in [0.717, 1.165) is 37.3 Å². The zero-order chi connectivity index (χ0) is 13.6. The van der Waals surface area contributed by atoms with Crippen LogP contribution in [0.4, 0.5) is 11.5 Å². The van der Waals surface area contributed by atoms with E-state index in [1.807, 2.05) is 11.8 Å². The molecule has 6 nitrogen and oxygen atoms in total. The number of likely N-dealkylation sites (tertiary alicyclic amines) is 1. The van der Waals surface area contributed by atoms with E-state index in [1.165, 1.54) is 0 Å². The number of carbonyl (C=O) groups is 1. The van der Waals surface area contributed by atoms with Gasteiger partial charge in [0.25, 0.3) is 0 Å². The van der Waals surface area contributed by atoms with Crippen molar-refractivity contribution in [1.29, 1.82) is 0 Å². The molecule has 6 heteroatoms. The van der Waals surface area contributed by atoms with Gasteiger partial charge in [-0.2, -0.15) is 0 Å². The highest BCUT2D eigenvalue weighted by molar-refractivity contribution is 5.81. The van der Waals surface area contributed by atoms with Crippen LogP contribution >= 0.6 is 0 Å². The van der Waals surface area contributed by atoms with E-state index in [0.29, 0.717) is 24.0 Å². The Hall–Kier alpha value is -1.85. The highest BCUT2D eigenvalue weighted by Gasteiger charge is 2.37. The second-order valence-corrected chi connectivity index (χ2v) is 5.51. The third-order valence-electron chi connectivity index (χ3n) is 3.97. The number of amides is 1. The quantitative estimate of drug-likeness (QED) is 0.815. The number of carbonyl (C=O) groups excluding carboxylic acids is 1. The third-order valence-corrected chi connectivity index (χ3v) is 3.97. The summed E-state index contributed by atoms with van der Waals surface area (Å²) in [6, 6.07) is 0. The van der Waals surface area contributed by atoms with Crippen molar-refractivity contribution in [2.45, 2.75) is 32.1 Å². The first-order valence-electron chi connectivity index (χ1n) is 6.74. The van der Waals surface area contributed by atoms with Gasteiger partial charge in [-0.15, -0.1) is 0 Å². The van der Waals surface area contributed by atoms with Gasteiger partial charge in [0.05, 0.1) is 11.4 Å². The van der Waals surface area contributed by atoms with Gasteiger partial charge in [-0.05, 0) is 26.2 Å². The van der Waals surface area contributed by atoms with E-state index in [4.69, 9.17) is 11.5 Å². The van der Waals surface area contributed by atoms with Gasteiger partial charge in [0, 0.05) is 24.9 Å². The molecule has 1 aromatic rings. The number of aryl methyl sites for hydroxylation is 1. The minimum absolute atomic E-state index is 0.185. The van der Waals surface area contributed by atoms with Crippen LogP contribution in [0.25, 0.3) is 0 Å². The maximum atomic E-state index is 12.0. The fourth-order valence-electron chi connectivity index (χ4n) is 2.57. The van der Waals surface area contributed by atoms with E-state index in [2.05, 4.69) is 9.97 Å². The largest absolute Gasteiger partial charge is 0.394 e. The van der Waals surface area contributed by atoms with Gasteiger partial charge in [-0.1, -0.05) is 0 Å². The third kappa shape index (κ3) is 2.22. The number of hydrogen-bond donors (Lipinski definition) is 2. The van der Waals surface area contributed by atoms with E-state index in [9.17, 15) is 4.79 Å². The lowest BCUT2D eigenvalue weighted by molar-refractivity contribution is -0.131. The van der Waals surface area contributed by atoms with Crippen molar-refractivity contribution in [3.05, 3.63) is 11.5 Å². The summed E-state index contributed by atoms with van der Waals surface area (Å²) >= 11 is 0. The molecule has 1 saturated heterocycles. The molecule has 1 aromatic heterocycles. The molecule has 4 N–H and O–H groups in total. The molecule has 19 heavy (non-hydrogen) atoms. The number of anilines is 2.